The van der Waals surface area contributed by atoms with Gasteiger partial charge in [0.25, 0.3) is 0 Å². The molecule has 2 nitrogen and oxygen atoms in total. The van der Waals surface area contributed by atoms with E-state index in [0.29, 0.717) is 0 Å². The Morgan fingerprint density at radius 1 is 1.29 bits per heavy atom. The lowest BCUT2D eigenvalue weighted by atomic mass is 9.95. The molecular weight excluding hydrogens is 208 g/mol. The normalized spacial score (nSPS) is 29.6. The first-order valence-electron chi connectivity index (χ1n) is 7.76. The fourth-order valence-corrected chi connectivity index (χ4v) is 3.53. The van der Waals surface area contributed by atoms with E-state index in [9.17, 15) is 0 Å². The summed E-state index contributed by atoms with van der Waals surface area (Å²) in [6.45, 7) is 9.76. The molecule has 17 heavy (non-hydrogen) atoms. The topological polar surface area (TPSA) is 15.3 Å². The van der Waals surface area contributed by atoms with Crippen LogP contribution >= 0.6 is 0 Å². The van der Waals surface area contributed by atoms with Gasteiger partial charge >= 0.3 is 0 Å². The Kier molecular flexibility index (Phi) is 5.30. The van der Waals surface area contributed by atoms with E-state index in [1.165, 1.54) is 64.7 Å². The molecule has 0 aromatic rings. The van der Waals surface area contributed by atoms with Crippen LogP contribution in [0.4, 0.5) is 0 Å². The number of nitrogens with zero attached hydrogens (tertiary/aromatic N) is 1. The summed E-state index contributed by atoms with van der Waals surface area (Å²) in [7, 11) is 0. The lowest BCUT2D eigenvalue weighted by Crippen LogP contribution is -2.54. The zero-order chi connectivity index (χ0) is 12.1. The predicted octanol–water partition coefficient (Wildman–Crippen LogP) is 2.89. The van der Waals surface area contributed by atoms with E-state index in [4.69, 9.17) is 0 Å². The van der Waals surface area contributed by atoms with E-state index in [2.05, 4.69) is 24.1 Å². The van der Waals surface area contributed by atoms with Crippen LogP contribution in [0.2, 0.25) is 0 Å². The van der Waals surface area contributed by atoms with Gasteiger partial charge in [0.1, 0.15) is 0 Å². The number of piperazine rings is 1. The SMILES string of the molecule is CCC(C)C1CNCCN1CCC1CCCC1. The maximum atomic E-state index is 3.57. The lowest BCUT2D eigenvalue weighted by molar-refractivity contribution is 0.109. The Hall–Kier alpha value is -0.0800. The summed E-state index contributed by atoms with van der Waals surface area (Å²) in [6.07, 6.45) is 8.74. The molecule has 2 atom stereocenters. The molecule has 2 fully saturated rings. The third-order valence-corrected chi connectivity index (χ3v) is 5.00. The maximum Gasteiger partial charge on any atom is 0.0246 e. The number of nitrogens with one attached hydrogen (secondary N) is 1. The maximum absolute atomic E-state index is 3.57. The van der Waals surface area contributed by atoms with Crippen molar-refractivity contribution in [3.63, 3.8) is 0 Å². The van der Waals surface area contributed by atoms with E-state index >= 15 is 0 Å². The van der Waals surface area contributed by atoms with Gasteiger partial charge in [-0.2, -0.15) is 0 Å². The molecule has 2 unspecified atom stereocenters. The Morgan fingerprint density at radius 2 is 2.06 bits per heavy atom. The average molecular weight is 238 g/mol. The highest BCUT2D eigenvalue weighted by Gasteiger charge is 2.26. The van der Waals surface area contributed by atoms with Crippen LogP contribution in [0.25, 0.3) is 0 Å². The molecule has 100 valence electrons. The van der Waals surface area contributed by atoms with Crippen LogP contribution < -0.4 is 5.32 Å². The number of hydrogen-bond donors (Lipinski definition) is 1. The van der Waals surface area contributed by atoms with Crippen LogP contribution in [0.15, 0.2) is 0 Å². The van der Waals surface area contributed by atoms with Gasteiger partial charge in [0, 0.05) is 25.7 Å². The van der Waals surface area contributed by atoms with Gasteiger partial charge in [0.15, 0.2) is 0 Å². The molecule has 0 amide bonds. The first kappa shape index (κ1) is 13.4. The standard InChI is InChI=1S/C15H30N2/c1-3-13(2)15-12-16-9-11-17(15)10-8-14-6-4-5-7-14/h13-16H,3-12H2,1-2H3. The monoisotopic (exact) mass is 238 g/mol. The molecule has 2 heteroatoms. The van der Waals surface area contributed by atoms with Crippen molar-refractivity contribution < 1.29 is 0 Å². The van der Waals surface area contributed by atoms with Crippen molar-refractivity contribution in [1.29, 1.82) is 0 Å². The van der Waals surface area contributed by atoms with Crippen molar-refractivity contribution in [2.24, 2.45) is 11.8 Å². The molecule has 0 radical (unpaired) electrons. The smallest absolute Gasteiger partial charge is 0.0246 e. The molecule has 0 aromatic heterocycles. The Labute approximate surface area is 107 Å². The minimum absolute atomic E-state index is 0.787. The first-order valence-corrected chi connectivity index (χ1v) is 7.76. The molecule has 0 aromatic carbocycles. The van der Waals surface area contributed by atoms with Gasteiger partial charge in [0.05, 0.1) is 0 Å². The Bertz CT molecular complexity index is 211. The summed E-state index contributed by atoms with van der Waals surface area (Å²) in [5, 5.41) is 3.57. The van der Waals surface area contributed by atoms with Gasteiger partial charge in [-0.3, -0.25) is 4.90 Å². The summed E-state index contributed by atoms with van der Waals surface area (Å²) in [5.74, 6) is 1.88. The highest BCUT2D eigenvalue weighted by molar-refractivity contribution is 4.84. The average Bonchev–Trinajstić information content (AvgIpc) is 2.89. The zero-order valence-corrected chi connectivity index (χ0v) is 11.8. The van der Waals surface area contributed by atoms with Gasteiger partial charge < -0.3 is 5.32 Å². The second-order valence-corrected chi connectivity index (χ2v) is 6.13. The van der Waals surface area contributed by atoms with Crippen molar-refractivity contribution in [1.82, 2.24) is 10.2 Å². The third-order valence-electron chi connectivity index (χ3n) is 5.00. The van der Waals surface area contributed by atoms with E-state index < -0.39 is 0 Å². The van der Waals surface area contributed by atoms with Crippen LogP contribution in [0, 0.1) is 11.8 Å². The van der Waals surface area contributed by atoms with Gasteiger partial charge in [-0.1, -0.05) is 46.0 Å². The fourth-order valence-electron chi connectivity index (χ4n) is 3.53. The second kappa shape index (κ2) is 6.75. The number of rotatable bonds is 5. The molecule has 0 bridgehead atoms. The Morgan fingerprint density at radius 3 is 2.76 bits per heavy atom. The van der Waals surface area contributed by atoms with Gasteiger partial charge in [-0.25, -0.2) is 0 Å². The molecule has 0 spiro atoms. The minimum atomic E-state index is 0.787. The van der Waals surface area contributed by atoms with Crippen LogP contribution in [-0.2, 0) is 0 Å². The summed E-state index contributed by atoms with van der Waals surface area (Å²) < 4.78 is 0. The van der Waals surface area contributed by atoms with Gasteiger partial charge in [0.2, 0.25) is 0 Å². The van der Waals surface area contributed by atoms with Crippen LogP contribution in [-0.4, -0.2) is 37.1 Å². The summed E-state index contributed by atoms with van der Waals surface area (Å²) in [5.41, 5.74) is 0. The molecule has 1 N–H and O–H groups in total. The fraction of sp³-hybridized carbons (Fsp3) is 1.00. The molecule has 1 saturated carbocycles. The minimum Gasteiger partial charge on any atom is -0.314 e. The second-order valence-electron chi connectivity index (χ2n) is 6.13. The van der Waals surface area contributed by atoms with E-state index in [-0.39, 0.29) is 0 Å². The first-order chi connectivity index (χ1) is 8.31. The van der Waals surface area contributed by atoms with E-state index in [0.717, 1.165) is 17.9 Å². The van der Waals surface area contributed by atoms with Crippen molar-refractivity contribution in [2.75, 3.05) is 26.2 Å². The van der Waals surface area contributed by atoms with Crippen LogP contribution in [0.5, 0.6) is 0 Å². The molecule has 1 aliphatic heterocycles. The zero-order valence-electron chi connectivity index (χ0n) is 11.8. The Balaban J connectivity index is 1.78. The van der Waals surface area contributed by atoms with Gasteiger partial charge in [-0.15, -0.1) is 0 Å². The molecule has 2 rings (SSSR count). The summed E-state index contributed by atoms with van der Waals surface area (Å²) in [4.78, 5) is 2.77. The molecule has 1 aliphatic carbocycles. The van der Waals surface area contributed by atoms with E-state index in [1.54, 1.807) is 0 Å². The molecule has 2 aliphatic rings. The van der Waals surface area contributed by atoms with Crippen molar-refractivity contribution in [3.05, 3.63) is 0 Å². The van der Waals surface area contributed by atoms with Crippen molar-refractivity contribution in [3.8, 4) is 0 Å². The summed E-state index contributed by atoms with van der Waals surface area (Å²) >= 11 is 0. The van der Waals surface area contributed by atoms with Crippen LogP contribution in [0.1, 0.15) is 52.4 Å². The predicted molar refractivity (Wildman–Crippen MR) is 74.3 cm³/mol. The van der Waals surface area contributed by atoms with Gasteiger partial charge in [-0.05, 0) is 24.8 Å². The quantitative estimate of drug-likeness (QED) is 0.792. The van der Waals surface area contributed by atoms with Crippen molar-refractivity contribution >= 4 is 0 Å². The third kappa shape index (κ3) is 3.69. The van der Waals surface area contributed by atoms with Crippen molar-refractivity contribution in [2.45, 2.75) is 58.4 Å². The lowest BCUT2D eigenvalue weighted by Gasteiger charge is -2.40. The molecular formula is C15H30N2. The molecule has 1 saturated heterocycles. The summed E-state index contributed by atoms with van der Waals surface area (Å²) in [6, 6.07) is 0.787. The largest absolute Gasteiger partial charge is 0.314 e. The van der Waals surface area contributed by atoms with E-state index in [1.807, 2.05) is 0 Å². The molecule has 1 heterocycles. The number of hydrogen-bond acceptors (Lipinski definition) is 2. The highest BCUT2D eigenvalue weighted by Crippen LogP contribution is 2.28. The van der Waals surface area contributed by atoms with Crippen LogP contribution in [0.3, 0.4) is 0 Å². The highest BCUT2D eigenvalue weighted by atomic mass is 15.2.